The van der Waals surface area contributed by atoms with Gasteiger partial charge in [-0.2, -0.15) is 0 Å². The van der Waals surface area contributed by atoms with Crippen LogP contribution in [0.2, 0.25) is 0 Å². The van der Waals surface area contributed by atoms with Crippen LogP contribution in [0.5, 0.6) is 0 Å². The molecule has 8 heteroatoms. The molecule has 0 aliphatic heterocycles. The molecule has 1 saturated carbocycles. The molecule has 1 N–H and O–H groups in total. The second-order valence-corrected chi connectivity index (χ2v) is 10.9. The van der Waals surface area contributed by atoms with E-state index in [0.717, 1.165) is 47.4 Å². The number of benzene rings is 2. The SMILES string of the molecule is CC[C@H](C(=O)NC1CCCC1)N(Cc1ccccc1)C(=O)CN(c1ccc(C)cc1)S(C)(=O)=O. The third-order valence-corrected chi connectivity index (χ3v) is 7.42. The number of carbonyl (C=O) groups excluding carboxylic acids is 2. The summed E-state index contributed by atoms with van der Waals surface area (Å²) in [5, 5.41) is 3.11. The van der Waals surface area contributed by atoms with Gasteiger partial charge >= 0.3 is 0 Å². The zero-order valence-electron chi connectivity index (χ0n) is 20.2. The summed E-state index contributed by atoms with van der Waals surface area (Å²) in [7, 11) is -3.72. The summed E-state index contributed by atoms with van der Waals surface area (Å²) in [6.45, 7) is 3.64. The first kappa shape index (κ1) is 25.7. The Labute approximate surface area is 203 Å². The summed E-state index contributed by atoms with van der Waals surface area (Å²) in [6, 6.07) is 15.9. The standard InChI is InChI=1S/C26H35N3O4S/c1-4-24(26(31)27-22-12-8-9-13-22)28(18-21-10-6-5-7-11-21)25(30)19-29(34(3,32)33)23-16-14-20(2)15-17-23/h5-7,10-11,14-17,22,24H,4,8-9,12-13,18-19H2,1-3H3,(H,27,31)/t24-/m1/s1. The van der Waals surface area contributed by atoms with Gasteiger partial charge in [-0.3, -0.25) is 13.9 Å². The summed E-state index contributed by atoms with van der Waals surface area (Å²) in [5.74, 6) is -0.594. The number of nitrogens with zero attached hydrogens (tertiary/aromatic N) is 2. The number of carbonyl (C=O) groups is 2. The summed E-state index contributed by atoms with van der Waals surface area (Å²) in [4.78, 5) is 28.4. The molecule has 1 fully saturated rings. The molecule has 2 amide bonds. The van der Waals surface area contributed by atoms with Crippen molar-refractivity contribution in [1.29, 1.82) is 0 Å². The summed E-state index contributed by atoms with van der Waals surface area (Å²) in [6.07, 6.45) is 5.60. The van der Waals surface area contributed by atoms with Crippen molar-refractivity contribution in [3.05, 3.63) is 65.7 Å². The van der Waals surface area contributed by atoms with Crippen LogP contribution in [0.1, 0.15) is 50.2 Å². The van der Waals surface area contributed by atoms with Crippen LogP contribution in [0.4, 0.5) is 5.69 Å². The molecule has 1 atom stereocenters. The summed E-state index contributed by atoms with van der Waals surface area (Å²) in [5.41, 5.74) is 2.29. The van der Waals surface area contributed by atoms with Crippen LogP contribution in [-0.4, -0.2) is 50.0 Å². The largest absolute Gasteiger partial charge is 0.352 e. The molecule has 34 heavy (non-hydrogen) atoms. The van der Waals surface area contributed by atoms with E-state index in [1.54, 1.807) is 12.1 Å². The Morgan fingerprint density at radius 2 is 1.65 bits per heavy atom. The lowest BCUT2D eigenvalue weighted by molar-refractivity contribution is -0.140. The third kappa shape index (κ3) is 6.82. The first-order valence-corrected chi connectivity index (χ1v) is 13.7. The molecule has 0 saturated heterocycles. The Morgan fingerprint density at radius 1 is 1.03 bits per heavy atom. The van der Waals surface area contributed by atoms with Gasteiger partial charge in [0.1, 0.15) is 12.6 Å². The molecule has 3 rings (SSSR count). The summed E-state index contributed by atoms with van der Waals surface area (Å²) < 4.78 is 26.3. The van der Waals surface area contributed by atoms with Crippen LogP contribution < -0.4 is 9.62 Å². The number of amides is 2. The van der Waals surface area contributed by atoms with Gasteiger partial charge in [0.15, 0.2) is 0 Å². The minimum atomic E-state index is -3.72. The topological polar surface area (TPSA) is 86.8 Å². The van der Waals surface area contributed by atoms with Gasteiger partial charge in [0.05, 0.1) is 11.9 Å². The predicted octanol–water partition coefficient (Wildman–Crippen LogP) is 3.63. The van der Waals surface area contributed by atoms with E-state index in [1.165, 1.54) is 4.90 Å². The van der Waals surface area contributed by atoms with Gasteiger partial charge in [-0.1, -0.05) is 67.8 Å². The van der Waals surface area contributed by atoms with Crippen molar-refractivity contribution in [2.24, 2.45) is 0 Å². The lowest BCUT2D eigenvalue weighted by Gasteiger charge is -2.33. The number of hydrogen-bond acceptors (Lipinski definition) is 4. The van der Waals surface area contributed by atoms with E-state index in [-0.39, 0.29) is 25.0 Å². The molecule has 0 radical (unpaired) electrons. The molecule has 2 aromatic carbocycles. The van der Waals surface area contributed by atoms with Gasteiger partial charge in [-0.05, 0) is 43.9 Å². The second-order valence-electron chi connectivity index (χ2n) is 9.03. The number of hydrogen-bond donors (Lipinski definition) is 1. The minimum Gasteiger partial charge on any atom is -0.352 e. The highest BCUT2D eigenvalue weighted by Gasteiger charge is 2.32. The number of rotatable bonds is 10. The third-order valence-electron chi connectivity index (χ3n) is 6.28. The molecule has 7 nitrogen and oxygen atoms in total. The van der Waals surface area contributed by atoms with Crippen LogP contribution in [0, 0.1) is 6.92 Å². The first-order valence-electron chi connectivity index (χ1n) is 11.9. The predicted molar refractivity (Wildman–Crippen MR) is 135 cm³/mol. The van der Waals surface area contributed by atoms with E-state index in [2.05, 4.69) is 5.32 Å². The molecule has 1 aliphatic rings. The molecular formula is C26H35N3O4S. The van der Waals surface area contributed by atoms with Crippen molar-refractivity contribution in [3.8, 4) is 0 Å². The van der Waals surface area contributed by atoms with Crippen molar-refractivity contribution < 1.29 is 18.0 Å². The molecule has 0 aromatic heterocycles. The number of aryl methyl sites for hydroxylation is 1. The maximum Gasteiger partial charge on any atom is 0.244 e. The monoisotopic (exact) mass is 485 g/mol. The van der Waals surface area contributed by atoms with Gasteiger partial charge in [0.2, 0.25) is 21.8 Å². The van der Waals surface area contributed by atoms with Gasteiger partial charge in [-0.15, -0.1) is 0 Å². The molecule has 184 valence electrons. The van der Waals surface area contributed by atoms with E-state index >= 15 is 0 Å². The summed E-state index contributed by atoms with van der Waals surface area (Å²) >= 11 is 0. The normalized spacial score (nSPS) is 15.0. The molecule has 0 bridgehead atoms. The Balaban J connectivity index is 1.89. The van der Waals surface area contributed by atoms with Gasteiger partial charge in [0, 0.05) is 12.6 Å². The first-order chi connectivity index (χ1) is 16.2. The highest BCUT2D eigenvalue weighted by atomic mass is 32.2. The van der Waals surface area contributed by atoms with Gasteiger partial charge in [-0.25, -0.2) is 8.42 Å². The van der Waals surface area contributed by atoms with Crippen LogP contribution in [0.3, 0.4) is 0 Å². The maximum absolute atomic E-state index is 13.6. The molecule has 0 unspecified atom stereocenters. The second kappa shape index (κ2) is 11.5. The number of anilines is 1. The van der Waals surface area contributed by atoms with Crippen molar-refractivity contribution >= 4 is 27.5 Å². The maximum atomic E-state index is 13.6. The number of sulfonamides is 1. The van der Waals surface area contributed by atoms with E-state index < -0.39 is 22.0 Å². The van der Waals surface area contributed by atoms with Crippen LogP contribution in [-0.2, 0) is 26.2 Å². The molecule has 2 aromatic rings. The lowest BCUT2D eigenvalue weighted by Crippen LogP contribution is -2.53. The highest BCUT2D eigenvalue weighted by molar-refractivity contribution is 7.92. The number of nitrogens with one attached hydrogen (secondary N) is 1. The zero-order chi connectivity index (χ0) is 24.7. The van der Waals surface area contributed by atoms with Crippen LogP contribution in [0.15, 0.2) is 54.6 Å². The molecular weight excluding hydrogens is 450 g/mol. The lowest BCUT2D eigenvalue weighted by atomic mass is 10.1. The van der Waals surface area contributed by atoms with Gasteiger partial charge in [0.25, 0.3) is 0 Å². The van der Waals surface area contributed by atoms with E-state index in [1.807, 2.05) is 56.3 Å². The fourth-order valence-corrected chi connectivity index (χ4v) is 5.24. The Hall–Kier alpha value is -2.87. The zero-order valence-corrected chi connectivity index (χ0v) is 21.1. The van der Waals surface area contributed by atoms with Crippen molar-refractivity contribution in [1.82, 2.24) is 10.2 Å². The molecule has 1 aliphatic carbocycles. The Kier molecular flexibility index (Phi) is 8.72. The quantitative estimate of drug-likeness (QED) is 0.557. The molecule has 0 heterocycles. The average Bonchev–Trinajstić information content (AvgIpc) is 3.31. The average molecular weight is 486 g/mol. The van der Waals surface area contributed by atoms with E-state index in [9.17, 15) is 18.0 Å². The van der Waals surface area contributed by atoms with Crippen molar-refractivity contribution in [2.75, 3.05) is 17.1 Å². The van der Waals surface area contributed by atoms with Crippen molar-refractivity contribution in [3.63, 3.8) is 0 Å². The fraction of sp³-hybridized carbons (Fsp3) is 0.462. The fourth-order valence-electron chi connectivity index (χ4n) is 4.39. The van der Waals surface area contributed by atoms with E-state index in [4.69, 9.17) is 0 Å². The highest BCUT2D eigenvalue weighted by Crippen LogP contribution is 2.21. The van der Waals surface area contributed by atoms with E-state index in [0.29, 0.717) is 12.1 Å². The smallest absolute Gasteiger partial charge is 0.244 e. The minimum absolute atomic E-state index is 0.135. The van der Waals surface area contributed by atoms with Gasteiger partial charge < -0.3 is 10.2 Å². The Bertz CT molecular complexity index is 1060. The van der Waals surface area contributed by atoms with Crippen LogP contribution >= 0.6 is 0 Å². The van der Waals surface area contributed by atoms with Crippen molar-refractivity contribution in [2.45, 2.75) is 64.6 Å². The molecule has 0 spiro atoms. The van der Waals surface area contributed by atoms with Crippen LogP contribution in [0.25, 0.3) is 0 Å². The Morgan fingerprint density at radius 3 is 2.21 bits per heavy atom.